The van der Waals surface area contributed by atoms with Crippen LogP contribution >= 0.6 is 0 Å². The Labute approximate surface area is 172 Å². The first kappa shape index (κ1) is 22.0. The SMILES string of the molecule is COc1cc(C)c(C)cc1S(=O)(=O)[C@H]1CS(=O)(=O)C[C@@H]1N1CCC(C(N)=O)CC1. The number of primary amides is 1. The van der Waals surface area contributed by atoms with Crippen LogP contribution in [0.3, 0.4) is 0 Å². The van der Waals surface area contributed by atoms with Gasteiger partial charge in [0.15, 0.2) is 19.7 Å². The molecule has 10 heteroatoms. The number of carbonyl (C=O) groups excluding carboxylic acids is 1. The number of ether oxygens (including phenoxy) is 1. The highest BCUT2D eigenvalue weighted by Gasteiger charge is 2.49. The number of likely N-dealkylation sites (tertiary alicyclic amines) is 1. The van der Waals surface area contributed by atoms with E-state index in [1.165, 1.54) is 7.11 Å². The number of amides is 1. The fourth-order valence-electron chi connectivity index (χ4n) is 4.26. The van der Waals surface area contributed by atoms with Gasteiger partial charge in [-0.3, -0.25) is 9.69 Å². The highest BCUT2D eigenvalue weighted by molar-refractivity contribution is 7.96. The van der Waals surface area contributed by atoms with Crippen molar-refractivity contribution in [1.82, 2.24) is 4.90 Å². The molecule has 0 unspecified atom stereocenters. The first-order chi connectivity index (χ1) is 13.5. The number of sulfone groups is 2. The van der Waals surface area contributed by atoms with Crippen molar-refractivity contribution in [1.29, 1.82) is 0 Å². The second-order valence-corrected chi connectivity index (χ2v) is 12.3. The lowest BCUT2D eigenvalue weighted by molar-refractivity contribution is -0.123. The number of nitrogens with two attached hydrogens (primary N) is 1. The van der Waals surface area contributed by atoms with Gasteiger partial charge in [-0.1, -0.05) is 0 Å². The molecule has 2 aliphatic heterocycles. The lowest BCUT2D eigenvalue weighted by Crippen LogP contribution is -2.50. The Bertz CT molecular complexity index is 1010. The third-order valence-corrected chi connectivity index (χ3v) is 10.3. The molecule has 2 atom stereocenters. The zero-order valence-corrected chi connectivity index (χ0v) is 18.6. The van der Waals surface area contributed by atoms with E-state index < -0.39 is 36.7 Å². The largest absolute Gasteiger partial charge is 0.495 e. The highest BCUT2D eigenvalue weighted by atomic mass is 32.2. The van der Waals surface area contributed by atoms with Crippen LogP contribution in [0.5, 0.6) is 5.75 Å². The summed E-state index contributed by atoms with van der Waals surface area (Å²) in [5.41, 5.74) is 7.07. The van der Waals surface area contributed by atoms with Crippen LogP contribution < -0.4 is 10.5 Å². The molecule has 2 fully saturated rings. The predicted molar refractivity (Wildman–Crippen MR) is 109 cm³/mol. The second-order valence-electron chi connectivity index (χ2n) is 8.03. The molecule has 0 aromatic heterocycles. The third kappa shape index (κ3) is 4.29. The summed E-state index contributed by atoms with van der Waals surface area (Å²) in [5, 5.41) is -1.08. The highest BCUT2D eigenvalue weighted by Crippen LogP contribution is 2.36. The third-order valence-electron chi connectivity index (χ3n) is 6.16. The molecule has 0 radical (unpaired) electrons. The Morgan fingerprint density at radius 1 is 1.14 bits per heavy atom. The van der Waals surface area contributed by atoms with E-state index in [1.807, 2.05) is 18.7 Å². The van der Waals surface area contributed by atoms with E-state index in [0.29, 0.717) is 25.9 Å². The summed E-state index contributed by atoms with van der Waals surface area (Å²) in [7, 11) is -6.06. The van der Waals surface area contributed by atoms with Gasteiger partial charge in [-0.2, -0.15) is 0 Å². The van der Waals surface area contributed by atoms with Crippen molar-refractivity contribution in [3.05, 3.63) is 23.3 Å². The van der Waals surface area contributed by atoms with E-state index in [0.717, 1.165) is 11.1 Å². The molecule has 29 heavy (non-hydrogen) atoms. The summed E-state index contributed by atoms with van der Waals surface area (Å²) in [4.78, 5) is 13.3. The first-order valence-electron chi connectivity index (χ1n) is 9.59. The minimum atomic E-state index is -3.96. The van der Waals surface area contributed by atoms with Gasteiger partial charge in [0.2, 0.25) is 5.91 Å². The Morgan fingerprint density at radius 3 is 2.28 bits per heavy atom. The van der Waals surface area contributed by atoms with Gasteiger partial charge in [0.05, 0.1) is 23.9 Å². The molecular formula is C19H28N2O6S2. The van der Waals surface area contributed by atoms with Gasteiger partial charge < -0.3 is 10.5 Å². The Hall–Kier alpha value is -1.65. The Balaban J connectivity index is 1.97. The molecule has 0 saturated carbocycles. The van der Waals surface area contributed by atoms with Crippen LogP contribution in [0.15, 0.2) is 17.0 Å². The van der Waals surface area contributed by atoms with Crippen molar-refractivity contribution < 1.29 is 26.4 Å². The number of hydrogen-bond donors (Lipinski definition) is 1. The number of carbonyl (C=O) groups is 1. The summed E-state index contributed by atoms with van der Waals surface area (Å²) >= 11 is 0. The minimum absolute atomic E-state index is 0.0298. The monoisotopic (exact) mass is 444 g/mol. The van der Waals surface area contributed by atoms with Crippen LogP contribution in [0.2, 0.25) is 0 Å². The molecule has 1 amide bonds. The molecule has 3 rings (SSSR count). The Morgan fingerprint density at radius 2 is 1.72 bits per heavy atom. The summed E-state index contributed by atoms with van der Waals surface area (Å²) < 4.78 is 57.2. The fourth-order valence-corrected chi connectivity index (χ4v) is 9.31. The first-order valence-corrected chi connectivity index (χ1v) is 13.0. The summed E-state index contributed by atoms with van der Waals surface area (Å²) in [6, 6.07) is 2.58. The van der Waals surface area contributed by atoms with Gasteiger partial charge in [-0.25, -0.2) is 16.8 Å². The van der Waals surface area contributed by atoms with Gasteiger partial charge in [-0.15, -0.1) is 0 Å². The maximum absolute atomic E-state index is 13.5. The zero-order chi connectivity index (χ0) is 21.6. The maximum Gasteiger partial charge on any atom is 0.220 e. The van der Waals surface area contributed by atoms with Crippen LogP contribution in [-0.2, 0) is 24.5 Å². The molecule has 0 spiro atoms. The molecule has 2 saturated heterocycles. The van der Waals surface area contributed by atoms with Crippen LogP contribution in [0.4, 0.5) is 0 Å². The van der Waals surface area contributed by atoms with Crippen LogP contribution in [-0.4, -0.2) is 70.6 Å². The molecule has 1 aromatic rings. The number of piperidine rings is 1. The molecule has 8 nitrogen and oxygen atoms in total. The Kier molecular flexibility index (Phi) is 5.99. The number of rotatable bonds is 5. The number of methoxy groups -OCH3 is 1. The lowest BCUT2D eigenvalue weighted by atomic mass is 9.95. The van der Waals surface area contributed by atoms with E-state index in [2.05, 4.69) is 0 Å². The molecule has 2 N–H and O–H groups in total. The standard InChI is InChI=1S/C19H28N2O6S2/c1-12-8-16(27-3)17(9-13(12)2)29(25,26)18-11-28(23,24)10-15(18)21-6-4-14(5-7-21)19(20)22/h8-9,14-15,18H,4-7,10-11H2,1-3H3,(H2,20,22)/t15-,18-/m0/s1. The lowest BCUT2D eigenvalue weighted by Gasteiger charge is -2.36. The van der Waals surface area contributed by atoms with Gasteiger partial charge in [-0.05, 0) is 63.0 Å². The average molecular weight is 445 g/mol. The summed E-state index contributed by atoms with van der Waals surface area (Å²) in [6.07, 6.45) is 1.01. The van der Waals surface area contributed by atoms with E-state index in [4.69, 9.17) is 10.5 Å². The molecule has 2 heterocycles. The normalized spacial score (nSPS) is 25.8. The number of aryl methyl sites for hydroxylation is 2. The smallest absolute Gasteiger partial charge is 0.220 e. The fraction of sp³-hybridized carbons (Fsp3) is 0.632. The topological polar surface area (TPSA) is 124 Å². The molecule has 0 bridgehead atoms. The van der Waals surface area contributed by atoms with Crippen molar-refractivity contribution >= 4 is 25.6 Å². The zero-order valence-electron chi connectivity index (χ0n) is 16.9. The summed E-state index contributed by atoms with van der Waals surface area (Å²) in [6.45, 7) is 4.57. The van der Waals surface area contributed by atoms with E-state index in [1.54, 1.807) is 12.1 Å². The number of hydrogen-bond acceptors (Lipinski definition) is 7. The molecule has 0 aliphatic carbocycles. The van der Waals surface area contributed by atoms with Crippen LogP contribution in [0.25, 0.3) is 0 Å². The van der Waals surface area contributed by atoms with Crippen molar-refractivity contribution in [2.75, 3.05) is 31.7 Å². The van der Waals surface area contributed by atoms with Gasteiger partial charge in [0, 0.05) is 12.0 Å². The number of nitrogens with zero attached hydrogens (tertiary/aromatic N) is 1. The average Bonchev–Trinajstić information content (AvgIpc) is 3.00. The molecule has 162 valence electrons. The van der Waals surface area contributed by atoms with Crippen LogP contribution in [0, 0.1) is 19.8 Å². The molecule has 2 aliphatic rings. The minimum Gasteiger partial charge on any atom is -0.495 e. The van der Waals surface area contributed by atoms with Crippen molar-refractivity contribution in [3.63, 3.8) is 0 Å². The second kappa shape index (κ2) is 7.88. The molecular weight excluding hydrogens is 416 g/mol. The summed E-state index contributed by atoms with van der Waals surface area (Å²) in [5.74, 6) is -1.01. The number of benzene rings is 1. The van der Waals surface area contributed by atoms with Crippen LogP contribution in [0.1, 0.15) is 24.0 Å². The van der Waals surface area contributed by atoms with Gasteiger partial charge >= 0.3 is 0 Å². The van der Waals surface area contributed by atoms with Crippen molar-refractivity contribution in [2.45, 2.75) is 42.9 Å². The van der Waals surface area contributed by atoms with E-state index >= 15 is 0 Å². The van der Waals surface area contributed by atoms with Gasteiger partial charge in [0.1, 0.15) is 10.6 Å². The maximum atomic E-state index is 13.5. The predicted octanol–water partition coefficient (Wildman–Crippen LogP) is 0.449. The molecule has 1 aromatic carbocycles. The van der Waals surface area contributed by atoms with Crippen molar-refractivity contribution in [2.24, 2.45) is 11.7 Å². The van der Waals surface area contributed by atoms with E-state index in [9.17, 15) is 21.6 Å². The van der Waals surface area contributed by atoms with Gasteiger partial charge in [0.25, 0.3) is 0 Å². The quantitative estimate of drug-likeness (QED) is 0.699. The van der Waals surface area contributed by atoms with E-state index in [-0.39, 0.29) is 28.2 Å². The van der Waals surface area contributed by atoms with Crippen molar-refractivity contribution in [3.8, 4) is 5.75 Å².